The van der Waals surface area contributed by atoms with Gasteiger partial charge in [0, 0.05) is 11.9 Å². The van der Waals surface area contributed by atoms with Crippen molar-refractivity contribution in [3.8, 4) is 17.6 Å². The van der Waals surface area contributed by atoms with Gasteiger partial charge in [-0.1, -0.05) is 30.0 Å². The van der Waals surface area contributed by atoms with Crippen LogP contribution in [0.25, 0.3) is 10.9 Å². The molecule has 3 aromatic rings. The Bertz CT molecular complexity index is 1150. The molecule has 2 aromatic carbocycles. The van der Waals surface area contributed by atoms with Gasteiger partial charge in [-0.05, 0) is 48.7 Å². The lowest BCUT2D eigenvalue weighted by Gasteiger charge is -2.10. The Balaban J connectivity index is 1.43. The van der Waals surface area contributed by atoms with Crippen LogP contribution in [0.15, 0.2) is 41.4 Å². The minimum atomic E-state index is -0.126. The smallest absolute Gasteiger partial charge is 0.231 e. The van der Waals surface area contributed by atoms with Gasteiger partial charge < -0.3 is 14.8 Å². The van der Waals surface area contributed by atoms with E-state index in [0.29, 0.717) is 28.6 Å². The molecule has 4 rings (SSSR count). The summed E-state index contributed by atoms with van der Waals surface area (Å²) in [6.45, 7) is 4.61. The van der Waals surface area contributed by atoms with Gasteiger partial charge in [-0.2, -0.15) is 5.26 Å². The molecule has 7 heteroatoms. The number of nitriles is 1. The van der Waals surface area contributed by atoms with Crippen LogP contribution in [0.4, 0.5) is 0 Å². The fourth-order valence-electron chi connectivity index (χ4n) is 3.14. The predicted molar refractivity (Wildman–Crippen MR) is 111 cm³/mol. The molecule has 1 N–H and O–H groups in total. The third-order valence-electron chi connectivity index (χ3n) is 4.76. The molecular weight excluding hydrogens is 386 g/mol. The maximum Gasteiger partial charge on any atom is 0.231 e. The molecule has 1 aromatic heterocycles. The van der Waals surface area contributed by atoms with Crippen molar-refractivity contribution in [2.24, 2.45) is 0 Å². The first-order valence-corrected chi connectivity index (χ1v) is 10.1. The van der Waals surface area contributed by atoms with Crippen LogP contribution in [-0.2, 0) is 11.3 Å². The summed E-state index contributed by atoms with van der Waals surface area (Å²) in [7, 11) is 0. The van der Waals surface area contributed by atoms with Crippen LogP contribution in [0, 0.1) is 25.2 Å². The first kappa shape index (κ1) is 19.1. The standard InChI is InChI=1S/C22H19N3O3S/c1-13-3-4-14(2)21-17(13)8-16(9-23)22(25-21)29-11-20(26)24-10-15-5-6-18-19(7-15)28-12-27-18/h3-8H,10-12H2,1-2H3,(H,24,26). The molecule has 0 fully saturated rings. The van der Waals surface area contributed by atoms with E-state index in [1.165, 1.54) is 11.8 Å². The number of fused-ring (bicyclic) bond motifs is 2. The summed E-state index contributed by atoms with van der Waals surface area (Å²) >= 11 is 1.27. The first-order valence-electron chi connectivity index (χ1n) is 9.14. The van der Waals surface area contributed by atoms with Crippen molar-refractivity contribution in [3.05, 3.63) is 58.7 Å². The average molecular weight is 405 g/mol. The van der Waals surface area contributed by atoms with Gasteiger partial charge in [0.1, 0.15) is 11.1 Å². The third kappa shape index (κ3) is 3.98. The Hall–Kier alpha value is -3.24. The van der Waals surface area contributed by atoms with Gasteiger partial charge in [0.05, 0.1) is 16.8 Å². The van der Waals surface area contributed by atoms with E-state index in [9.17, 15) is 10.1 Å². The number of amides is 1. The number of ether oxygens (including phenoxy) is 2. The van der Waals surface area contributed by atoms with Crippen LogP contribution in [0.2, 0.25) is 0 Å². The highest BCUT2D eigenvalue weighted by atomic mass is 32.2. The van der Waals surface area contributed by atoms with E-state index in [1.54, 1.807) is 0 Å². The number of thioether (sulfide) groups is 1. The average Bonchev–Trinajstić information content (AvgIpc) is 3.20. The molecule has 0 bridgehead atoms. The van der Waals surface area contributed by atoms with Crippen molar-refractivity contribution in [3.63, 3.8) is 0 Å². The number of aryl methyl sites for hydroxylation is 2. The second kappa shape index (κ2) is 8.02. The molecule has 1 aliphatic heterocycles. The molecule has 29 heavy (non-hydrogen) atoms. The predicted octanol–water partition coefficient (Wildman–Crippen LogP) is 3.86. The number of nitrogens with one attached hydrogen (secondary N) is 1. The molecule has 6 nitrogen and oxygen atoms in total. The Morgan fingerprint density at radius 3 is 2.79 bits per heavy atom. The number of hydrogen-bond acceptors (Lipinski definition) is 6. The van der Waals surface area contributed by atoms with Crippen molar-refractivity contribution in [2.75, 3.05) is 12.5 Å². The van der Waals surface area contributed by atoms with Gasteiger partial charge >= 0.3 is 0 Å². The van der Waals surface area contributed by atoms with Crippen LogP contribution in [0.3, 0.4) is 0 Å². The van der Waals surface area contributed by atoms with Crippen molar-refractivity contribution >= 4 is 28.6 Å². The fourth-order valence-corrected chi connectivity index (χ4v) is 3.93. The normalized spacial score (nSPS) is 12.0. The Kier molecular flexibility index (Phi) is 5.28. The summed E-state index contributed by atoms with van der Waals surface area (Å²) in [5.41, 5.74) is 4.41. The Morgan fingerprint density at radius 2 is 1.97 bits per heavy atom. The molecule has 0 atom stereocenters. The zero-order chi connectivity index (χ0) is 20.4. The molecule has 2 heterocycles. The third-order valence-corrected chi connectivity index (χ3v) is 5.75. The highest BCUT2D eigenvalue weighted by Crippen LogP contribution is 2.32. The molecule has 0 aliphatic carbocycles. The topological polar surface area (TPSA) is 84.2 Å². The molecule has 0 saturated heterocycles. The van der Waals surface area contributed by atoms with Gasteiger partial charge in [-0.3, -0.25) is 4.79 Å². The van der Waals surface area contributed by atoms with Crippen molar-refractivity contribution in [1.82, 2.24) is 10.3 Å². The van der Waals surface area contributed by atoms with Gasteiger partial charge in [-0.25, -0.2) is 4.98 Å². The number of pyridine rings is 1. The summed E-state index contributed by atoms with van der Waals surface area (Å²) in [5, 5.41) is 13.9. The van der Waals surface area contributed by atoms with Gasteiger partial charge in [0.2, 0.25) is 12.7 Å². The van der Waals surface area contributed by atoms with E-state index in [-0.39, 0.29) is 18.5 Å². The van der Waals surface area contributed by atoms with E-state index >= 15 is 0 Å². The number of benzene rings is 2. The van der Waals surface area contributed by atoms with Crippen LogP contribution < -0.4 is 14.8 Å². The molecule has 0 radical (unpaired) electrons. The number of nitrogens with zero attached hydrogens (tertiary/aromatic N) is 2. The number of hydrogen-bond donors (Lipinski definition) is 1. The van der Waals surface area contributed by atoms with E-state index in [2.05, 4.69) is 16.4 Å². The minimum Gasteiger partial charge on any atom is -0.454 e. The van der Waals surface area contributed by atoms with Crippen LogP contribution in [0.5, 0.6) is 11.5 Å². The van der Waals surface area contributed by atoms with Gasteiger partial charge in [0.15, 0.2) is 11.5 Å². The number of rotatable bonds is 5. The quantitative estimate of drug-likeness (QED) is 0.649. The second-order valence-electron chi connectivity index (χ2n) is 6.80. The monoisotopic (exact) mass is 405 g/mol. The molecule has 0 spiro atoms. The lowest BCUT2D eigenvalue weighted by molar-refractivity contribution is -0.118. The number of carbonyl (C=O) groups excluding carboxylic acids is 1. The maximum absolute atomic E-state index is 12.3. The van der Waals surface area contributed by atoms with Crippen LogP contribution >= 0.6 is 11.8 Å². The van der Waals surface area contributed by atoms with E-state index < -0.39 is 0 Å². The Morgan fingerprint density at radius 1 is 1.17 bits per heavy atom. The second-order valence-corrected chi connectivity index (χ2v) is 7.77. The van der Waals surface area contributed by atoms with E-state index in [0.717, 1.165) is 27.6 Å². The van der Waals surface area contributed by atoms with Crippen molar-refractivity contribution < 1.29 is 14.3 Å². The highest BCUT2D eigenvalue weighted by molar-refractivity contribution is 8.00. The zero-order valence-electron chi connectivity index (χ0n) is 16.1. The minimum absolute atomic E-state index is 0.126. The Labute approximate surface area is 172 Å². The maximum atomic E-state index is 12.3. The van der Waals surface area contributed by atoms with Gasteiger partial charge in [-0.15, -0.1) is 0 Å². The number of aromatic nitrogens is 1. The lowest BCUT2D eigenvalue weighted by Crippen LogP contribution is -2.24. The van der Waals surface area contributed by atoms with E-state index in [1.807, 2.05) is 50.2 Å². The van der Waals surface area contributed by atoms with Gasteiger partial charge in [0.25, 0.3) is 0 Å². The summed E-state index contributed by atoms with van der Waals surface area (Å²) in [5.74, 6) is 1.46. The number of carbonyl (C=O) groups is 1. The van der Waals surface area contributed by atoms with Crippen LogP contribution in [0.1, 0.15) is 22.3 Å². The molecule has 0 saturated carbocycles. The van der Waals surface area contributed by atoms with Crippen LogP contribution in [-0.4, -0.2) is 23.4 Å². The summed E-state index contributed by atoms with van der Waals surface area (Å²) in [4.78, 5) is 17.0. The summed E-state index contributed by atoms with van der Waals surface area (Å²) in [6.07, 6.45) is 0. The molecule has 146 valence electrons. The van der Waals surface area contributed by atoms with Crippen molar-refractivity contribution in [2.45, 2.75) is 25.4 Å². The highest BCUT2D eigenvalue weighted by Gasteiger charge is 2.15. The molecular formula is C22H19N3O3S. The summed E-state index contributed by atoms with van der Waals surface area (Å²) in [6, 6.07) is 13.7. The SMILES string of the molecule is Cc1ccc(C)c2nc(SCC(=O)NCc3ccc4c(c3)OCO4)c(C#N)cc12. The zero-order valence-corrected chi connectivity index (χ0v) is 16.9. The molecule has 1 amide bonds. The fraction of sp³-hybridized carbons (Fsp3) is 0.227. The lowest BCUT2D eigenvalue weighted by atomic mass is 10.0. The van der Waals surface area contributed by atoms with Crippen molar-refractivity contribution in [1.29, 1.82) is 5.26 Å². The molecule has 1 aliphatic rings. The largest absolute Gasteiger partial charge is 0.454 e. The first-order chi connectivity index (χ1) is 14.0. The summed E-state index contributed by atoms with van der Waals surface area (Å²) < 4.78 is 10.6. The molecule has 0 unspecified atom stereocenters. The van der Waals surface area contributed by atoms with E-state index in [4.69, 9.17) is 9.47 Å².